The molecule has 0 aliphatic heterocycles. The lowest BCUT2D eigenvalue weighted by Gasteiger charge is -2.17. The van der Waals surface area contributed by atoms with Crippen LogP contribution in [0.1, 0.15) is 19.7 Å². The maximum Gasteiger partial charge on any atom is 0.230 e. The number of benzene rings is 1. The number of amides is 1. The number of anilines is 1. The summed E-state index contributed by atoms with van der Waals surface area (Å²) in [5.41, 5.74) is 2.05. The number of rotatable bonds is 4. The third kappa shape index (κ3) is 2.93. The molecule has 0 saturated carbocycles. The van der Waals surface area contributed by atoms with Crippen LogP contribution >= 0.6 is 0 Å². The number of hydrogen-bond acceptors (Lipinski definition) is 4. The Balaban J connectivity index is 2.18. The van der Waals surface area contributed by atoms with Gasteiger partial charge in [-0.25, -0.2) is 4.98 Å². The fourth-order valence-electron chi connectivity index (χ4n) is 1.95. The molecule has 19 heavy (non-hydrogen) atoms. The van der Waals surface area contributed by atoms with Crippen LogP contribution < -0.4 is 5.32 Å². The molecule has 0 spiro atoms. The molecule has 0 aliphatic rings. The molecule has 0 fully saturated rings. The standard InChI is InChI=1S/C14H18N2O3/c1-8(2)11(7-17)14(18)16-10-4-5-12-13(6-10)19-9(3)15-12/h4-6,8,11,17H,7H2,1-3H3,(H,16,18). The van der Waals surface area contributed by atoms with Gasteiger partial charge in [-0.3, -0.25) is 4.79 Å². The van der Waals surface area contributed by atoms with E-state index in [4.69, 9.17) is 4.42 Å². The molecule has 1 heterocycles. The minimum absolute atomic E-state index is 0.0845. The molecule has 1 aromatic heterocycles. The van der Waals surface area contributed by atoms with Crippen LogP contribution in [0.4, 0.5) is 5.69 Å². The normalized spacial score (nSPS) is 12.9. The lowest BCUT2D eigenvalue weighted by Crippen LogP contribution is -2.29. The number of hydrogen-bond donors (Lipinski definition) is 2. The summed E-state index contributed by atoms with van der Waals surface area (Å²) in [5.74, 6) is 0.0791. The second-order valence-electron chi connectivity index (χ2n) is 4.94. The number of carbonyl (C=O) groups excluding carboxylic acids is 1. The zero-order chi connectivity index (χ0) is 14.0. The van der Waals surface area contributed by atoms with Crippen LogP contribution in [0.25, 0.3) is 11.1 Å². The SMILES string of the molecule is Cc1nc2ccc(NC(=O)C(CO)C(C)C)cc2o1. The number of aryl methyl sites for hydroxylation is 1. The number of carbonyl (C=O) groups is 1. The van der Waals surface area contributed by atoms with Gasteiger partial charge in [-0.2, -0.15) is 0 Å². The van der Waals surface area contributed by atoms with Crippen LogP contribution in [0, 0.1) is 18.8 Å². The van der Waals surface area contributed by atoms with Crippen LogP contribution in [0.15, 0.2) is 22.6 Å². The summed E-state index contributed by atoms with van der Waals surface area (Å²) in [6, 6.07) is 5.31. The van der Waals surface area contributed by atoms with E-state index in [1.807, 2.05) is 13.8 Å². The molecule has 2 N–H and O–H groups in total. The van der Waals surface area contributed by atoms with Crippen molar-refractivity contribution in [1.29, 1.82) is 0 Å². The fraction of sp³-hybridized carbons (Fsp3) is 0.429. The van der Waals surface area contributed by atoms with E-state index in [9.17, 15) is 9.90 Å². The van der Waals surface area contributed by atoms with E-state index >= 15 is 0 Å². The second kappa shape index (κ2) is 5.40. The Morgan fingerprint density at radius 1 is 1.47 bits per heavy atom. The smallest absolute Gasteiger partial charge is 0.230 e. The van der Waals surface area contributed by atoms with Crippen molar-refractivity contribution in [3.05, 3.63) is 24.1 Å². The molecule has 1 aromatic carbocycles. The van der Waals surface area contributed by atoms with Crippen molar-refractivity contribution in [1.82, 2.24) is 4.98 Å². The quantitative estimate of drug-likeness (QED) is 0.886. The van der Waals surface area contributed by atoms with Gasteiger partial charge in [0.05, 0.1) is 12.5 Å². The first kappa shape index (κ1) is 13.5. The Morgan fingerprint density at radius 2 is 2.21 bits per heavy atom. The molecule has 0 bridgehead atoms. The summed E-state index contributed by atoms with van der Waals surface area (Å²) in [6.07, 6.45) is 0. The van der Waals surface area contributed by atoms with E-state index in [1.54, 1.807) is 25.1 Å². The molecule has 0 saturated heterocycles. The van der Waals surface area contributed by atoms with E-state index in [-0.39, 0.29) is 18.4 Å². The zero-order valence-electron chi connectivity index (χ0n) is 11.3. The maximum atomic E-state index is 12.0. The lowest BCUT2D eigenvalue weighted by molar-refractivity contribution is -0.122. The minimum Gasteiger partial charge on any atom is -0.441 e. The number of fused-ring (bicyclic) bond motifs is 1. The van der Waals surface area contributed by atoms with Gasteiger partial charge in [-0.1, -0.05) is 13.8 Å². The Kier molecular flexibility index (Phi) is 3.85. The zero-order valence-corrected chi connectivity index (χ0v) is 11.3. The van der Waals surface area contributed by atoms with Gasteiger partial charge in [0.15, 0.2) is 11.5 Å². The first-order chi connectivity index (χ1) is 9.01. The van der Waals surface area contributed by atoms with Crippen molar-refractivity contribution in [2.45, 2.75) is 20.8 Å². The number of nitrogens with zero attached hydrogens (tertiary/aromatic N) is 1. The molecular weight excluding hydrogens is 244 g/mol. The molecule has 102 valence electrons. The van der Waals surface area contributed by atoms with Crippen molar-refractivity contribution in [3.8, 4) is 0 Å². The highest BCUT2D eigenvalue weighted by Crippen LogP contribution is 2.21. The summed E-state index contributed by atoms with van der Waals surface area (Å²) in [7, 11) is 0. The van der Waals surface area contributed by atoms with E-state index in [0.717, 1.165) is 5.52 Å². The van der Waals surface area contributed by atoms with Crippen molar-refractivity contribution >= 4 is 22.7 Å². The molecule has 1 unspecified atom stereocenters. The molecule has 5 heteroatoms. The Labute approximate surface area is 111 Å². The maximum absolute atomic E-state index is 12.0. The van der Waals surface area contributed by atoms with E-state index in [1.165, 1.54) is 0 Å². The van der Waals surface area contributed by atoms with E-state index in [0.29, 0.717) is 17.2 Å². The van der Waals surface area contributed by atoms with Crippen LogP contribution in [0.3, 0.4) is 0 Å². The average molecular weight is 262 g/mol. The van der Waals surface area contributed by atoms with Gasteiger partial charge in [-0.05, 0) is 18.1 Å². The topological polar surface area (TPSA) is 75.4 Å². The summed E-state index contributed by atoms with van der Waals surface area (Å²) in [5, 5.41) is 12.0. The number of aromatic nitrogens is 1. The van der Waals surface area contributed by atoms with Gasteiger partial charge in [0.2, 0.25) is 5.91 Å². The van der Waals surface area contributed by atoms with Crippen molar-refractivity contribution in [3.63, 3.8) is 0 Å². The highest BCUT2D eigenvalue weighted by atomic mass is 16.3. The van der Waals surface area contributed by atoms with E-state index in [2.05, 4.69) is 10.3 Å². The Hall–Kier alpha value is -1.88. The molecule has 5 nitrogen and oxygen atoms in total. The number of aliphatic hydroxyl groups is 1. The second-order valence-corrected chi connectivity index (χ2v) is 4.94. The van der Waals surface area contributed by atoms with Crippen LogP contribution in [-0.2, 0) is 4.79 Å². The van der Waals surface area contributed by atoms with Crippen molar-refractivity contribution < 1.29 is 14.3 Å². The summed E-state index contributed by atoms with van der Waals surface area (Å²) in [6.45, 7) is 5.43. The van der Waals surface area contributed by atoms with Gasteiger partial charge in [0, 0.05) is 18.7 Å². The average Bonchev–Trinajstić information content (AvgIpc) is 2.68. The Morgan fingerprint density at radius 3 is 2.84 bits per heavy atom. The van der Waals surface area contributed by atoms with Crippen LogP contribution in [0.2, 0.25) is 0 Å². The summed E-state index contributed by atoms with van der Waals surface area (Å²) in [4.78, 5) is 16.2. The van der Waals surface area contributed by atoms with Crippen molar-refractivity contribution in [2.75, 3.05) is 11.9 Å². The highest BCUT2D eigenvalue weighted by molar-refractivity contribution is 5.94. The van der Waals surface area contributed by atoms with E-state index < -0.39 is 5.92 Å². The molecule has 0 radical (unpaired) electrons. The molecular formula is C14H18N2O3. The predicted octanol–water partition coefficient (Wildman–Crippen LogP) is 2.34. The first-order valence-corrected chi connectivity index (χ1v) is 6.30. The Bertz CT molecular complexity index is 589. The molecule has 1 amide bonds. The first-order valence-electron chi connectivity index (χ1n) is 6.30. The molecule has 2 rings (SSSR count). The molecule has 1 atom stereocenters. The minimum atomic E-state index is -0.410. The monoisotopic (exact) mass is 262 g/mol. The van der Waals surface area contributed by atoms with Crippen LogP contribution in [0.5, 0.6) is 0 Å². The largest absolute Gasteiger partial charge is 0.441 e. The third-order valence-corrected chi connectivity index (χ3v) is 3.10. The fourth-order valence-corrected chi connectivity index (χ4v) is 1.95. The summed E-state index contributed by atoms with van der Waals surface area (Å²) >= 11 is 0. The number of oxazole rings is 1. The van der Waals surface area contributed by atoms with Crippen molar-refractivity contribution in [2.24, 2.45) is 11.8 Å². The number of nitrogens with one attached hydrogen (secondary N) is 1. The highest BCUT2D eigenvalue weighted by Gasteiger charge is 2.21. The van der Waals surface area contributed by atoms with Gasteiger partial charge in [0.25, 0.3) is 0 Å². The lowest BCUT2D eigenvalue weighted by atomic mass is 9.96. The van der Waals surface area contributed by atoms with Gasteiger partial charge < -0.3 is 14.8 Å². The molecule has 2 aromatic rings. The summed E-state index contributed by atoms with van der Waals surface area (Å²) < 4.78 is 5.41. The van der Waals surface area contributed by atoms with Gasteiger partial charge in [0.1, 0.15) is 5.52 Å². The van der Waals surface area contributed by atoms with Gasteiger partial charge >= 0.3 is 0 Å². The molecule has 0 aliphatic carbocycles. The van der Waals surface area contributed by atoms with Gasteiger partial charge in [-0.15, -0.1) is 0 Å². The predicted molar refractivity (Wildman–Crippen MR) is 72.8 cm³/mol. The number of aliphatic hydroxyl groups excluding tert-OH is 1. The third-order valence-electron chi connectivity index (χ3n) is 3.10. The van der Waals surface area contributed by atoms with Crippen LogP contribution in [-0.4, -0.2) is 22.6 Å².